The highest BCUT2D eigenvalue weighted by atomic mass is 35.5. The highest BCUT2D eigenvalue weighted by molar-refractivity contribution is 7.18. The van der Waals surface area contributed by atoms with Crippen LogP contribution in [-0.2, 0) is 0 Å². The van der Waals surface area contributed by atoms with E-state index in [1.165, 1.54) is 10.4 Å². The number of aromatic nitrogens is 2. The predicted octanol–water partition coefficient (Wildman–Crippen LogP) is 5.67. The summed E-state index contributed by atoms with van der Waals surface area (Å²) in [5, 5.41) is 5.44. The molecule has 0 saturated carbocycles. The van der Waals surface area contributed by atoms with E-state index in [-0.39, 0.29) is 0 Å². The lowest BCUT2D eigenvalue weighted by Gasteiger charge is -2.09. The number of anilines is 2. The zero-order chi connectivity index (χ0) is 15.1. The Morgan fingerprint density at radius 2 is 1.81 bits per heavy atom. The molecule has 3 aromatic rings. The van der Waals surface area contributed by atoms with E-state index in [1.54, 1.807) is 23.5 Å². The van der Waals surface area contributed by atoms with Crippen LogP contribution in [0.15, 0.2) is 18.2 Å². The summed E-state index contributed by atoms with van der Waals surface area (Å²) in [5.74, 6) is 1.55. The van der Waals surface area contributed by atoms with Gasteiger partial charge in [-0.3, -0.25) is 0 Å². The zero-order valence-corrected chi connectivity index (χ0v) is 14.1. The maximum absolute atomic E-state index is 6.06. The van der Waals surface area contributed by atoms with Gasteiger partial charge in [0, 0.05) is 10.6 Å². The Hall–Kier alpha value is -1.36. The molecule has 0 radical (unpaired) electrons. The maximum atomic E-state index is 6.06. The summed E-state index contributed by atoms with van der Waals surface area (Å²) in [6, 6.07) is 5.44. The van der Waals surface area contributed by atoms with Crippen LogP contribution in [0, 0.1) is 20.8 Å². The van der Waals surface area contributed by atoms with Gasteiger partial charge >= 0.3 is 0 Å². The van der Waals surface area contributed by atoms with Crippen molar-refractivity contribution in [1.82, 2.24) is 9.97 Å². The molecule has 0 saturated heterocycles. The molecule has 0 spiro atoms. The van der Waals surface area contributed by atoms with Crippen LogP contribution >= 0.6 is 34.5 Å². The molecule has 6 heteroatoms. The van der Waals surface area contributed by atoms with Crippen LogP contribution < -0.4 is 5.32 Å². The number of fused-ring (bicyclic) bond motifs is 1. The van der Waals surface area contributed by atoms with Crippen LogP contribution in [0.5, 0.6) is 0 Å². The normalized spacial score (nSPS) is 11.1. The van der Waals surface area contributed by atoms with Crippen molar-refractivity contribution in [2.24, 2.45) is 0 Å². The van der Waals surface area contributed by atoms with Crippen LogP contribution in [0.2, 0.25) is 10.0 Å². The Morgan fingerprint density at radius 3 is 2.52 bits per heavy atom. The summed E-state index contributed by atoms with van der Waals surface area (Å²) in [4.78, 5) is 11.3. The Labute approximate surface area is 137 Å². The number of aryl methyl sites for hydroxylation is 3. The average Bonchev–Trinajstić information content (AvgIpc) is 2.69. The Morgan fingerprint density at radius 1 is 1.05 bits per heavy atom. The molecule has 0 bridgehead atoms. The monoisotopic (exact) mass is 337 g/mol. The van der Waals surface area contributed by atoms with Crippen molar-refractivity contribution >= 4 is 56.3 Å². The van der Waals surface area contributed by atoms with Gasteiger partial charge in [-0.05, 0) is 44.5 Å². The van der Waals surface area contributed by atoms with Gasteiger partial charge in [0.2, 0.25) is 0 Å². The molecule has 0 fully saturated rings. The van der Waals surface area contributed by atoms with Gasteiger partial charge in [-0.2, -0.15) is 0 Å². The second-order valence-electron chi connectivity index (χ2n) is 4.84. The van der Waals surface area contributed by atoms with Crippen LogP contribution in [0.1, 0.15) is 16.3 Å². The molecule has 0 unspecified atom stereocenters. The highest BCUT2D eigenvalue weighted by Crippen LogP contribution is 2.35. The fourth-order valence-electron chi connectivity index (χ4n) is 2.16. The van der Waals surface area contributed by atoms with Crippen LogP contribution in [-0.4, -0.2) is 9.97 Å². The Bertz CT molecular complexity index is 843. The number of nitrogens with one attached hydrogen (secondary N) is 1. The van der Waals surface area contributed by atoms with Crippen molar-refractivity contribution in [3.05, 3.63) is 44.5 Å². The number of halogens is 2. The van der Waals surface area contributed by atoms with E-state index in [0.29, 0.717) is 10.0 Å². The van der Waals surface area contributed by atoms with Gasteiger partial charge in [0.25, 0.3) is 0 Å². The summed E-state index contributed by atoms with van der Waals surface area (Å²) in [6.07, 6.45) is 0. The number of hydrogen-bond donors (Lipinski definition) is 1. The Kier molecular flexibility index (Phi) is 3.78. The molecule has 3 nitrogen and oxygen atoms in total. The van der Waals surface area contributed by atoms with Crippen molar-refractivity contribution in [2.45, 2.75) is 20.8 Å². The molecule has 3 rings (SSSR count). The van der Waals surface area contributed by atoms with E-state index in [9.17, 15) is 0 Å². The third kappa shape index (κ3) is 2.71. The smallest absolute Gasteiger partial charge is 0.143 e. The minimum atomic E-state index is 0.516. The van der Waals surface area contributed by atoms with E-state index >= 15 is 0 Å². The van der Waals surface area contributed by atoms with Crippen LogP contribution in [0.25, 0.3) is 10.2 Å². The van der Waals surface area contributed by atoms with Gasteiger partial charge in [-0.25, -0.2) is 9.97 Å². The second kappa shape index (κ2) is 5.44. The van der Waals surface area contributed by atoms with Gasteiger partial charge in [0.05, 0.1) is 15.4 Å². The predicted molar refractivity (Wildman–Crippen MR) is 91.4 cm³/mol. The van der Waals surface area contributed by atoms with Crippen molar-refractivity contribution in [3.8, 4) is 0 Å². The molecule has 1 N–H and O–H groups in total. The van der Waals surface area contributed by atoms with Gasteiger partial charge in [-0.15, -0.1) is 11.3 Å². The van der Waals surface area contributed by atoms with Crippen LogP contribution in [0.4, 0.5) is 11.5 Å². The van der Waals surface area contributed by atoms with E-state index < -0.39 is 0 Å². The van der Waals surface area contributed by atoms with E-state index in [2.05, 4.69) is 29.1 Å². The molecule has 0 aliphatic rings. The molecule has 21 heavy (non-hydrogen) atoms. The first-order chi connectivity index (χ1) is 9.95. The lowest BCUT2D eigenvalue weighted by molar-refractivity contribution is 1.10. The highest BCUT2D eigenvalue weighted by Gasteiger charge is 2.13. The lowest BCUT2D eigenvalue weighted by atomic mass is 10.2. The van der Waals surface area contributed by atoms with Crippen molar-refractivity contribution in [1.29, 1.82) is 0 Å². The molecule has 1 aromatic carbocycles. The largest absolute Gasteiger partial charge is 0.340 e. The summed E-state index contributed by atoms with van der Waals surface area (Å²) < 4.78 is 0. The standard InChI is InChI=1S/C15H13Cl2N3S/c1-7-8(2)21-15-13(7)14(18-9(3)19-15)20-10-4-5-11(16)12(17)6-10/h4-6H,1-3H3,(H,18,19,20). The van der Waals surface area contributed by atoms with Gasteiger partial charge < -0.3 is 5.32 Å². The number of rotatable bonds is 2. The third-order valence-corrected chi connectivity index (χ3v) is 5.16. The molecule has 0 aliphatic carbocycles. The summed E-state index contributed by atoms with van der Waals surface area (Å²) in [5.41, 5.74) is 2.06. The molecule has 108 valence electrons. The maximum Gasteiger partial charge on any atom is 0.143 e. The van der Waals surface area contributed by atoms with Crippen molar-refractivity contribution < 1.29 is 0 Å². The zero-order valence-electron chi connectivity index (χ0n) is 11.8. The molecule has 2 heterocycles. The summed E-state index contributed by atoms with van der Waals surface area (Å²) in [6.45, 7) is 6.08. The molecule has 0 amide bonds. The van der Waals surface area contributed by atoms with E-state index in [1.807, 2.05) is 13.0 Å². The van der Waals surface area contributed by atoms with Gasteiger partial charge in [-0.1, -0.05) is 23.2 Å². The molecule has 0 aliphatic heterocycles. The minimum Gasteiger partial charge on any atom is -0.340 e. The lowest BCUT2D eigenvalue weighted by Crippen LogP contribution is -1.98. The number of thiophene rings is 1. The molecular weight excluding hydrogens is 325 g/mol. The molecule has 2 aromatic heterocycles. The van der Waals surface area contributed by atoms with Crippen LogP contribution in [0.3, 0.4) is 0 Å². The average molecular weight is 338 g/mol. The summed E-state index contributed by atoms with van der Waals surface area (Å²) in [7, 11) is 0. The fraction of sp³-hybridized carbons (Fsp3) is 0.200. The molecule has 0 atom stereocenters. The topological polar surface area (TPSA) is 37.8 Å². The first-order valence-corrected chi connectivity index (χ1v) is 7.99. The van der Waals surface area contributed by atoms with Crippen molar-refractivity contribution in [2.75, 3.05) is 5.32 Å². The van der Waals surface area contributed by atoms with Gasteiger partial charge in [0.15, 0.2) is 0 Å². The third-order valence-electron chi connectivity index (χ3n) is 3.32. The fourth-order valence-corrected chi connectivity index (χ4v) is 3.53. The van der Waals surface area contributed by atoms with Crippen molar-refractivity contribution in [3.63, 3.8) is 0 Å². The van der Waals surface area contributed by atoms with E-state index in [4.69, 9.17) is 23.2 Å². The second-order valence-corrected chi connectivity index (χ2v) is 6.85. The first-order valence-electron chi connectivity index (χ1n) is 6.42. The van der Waals surface area contributed by atoms with Gasteiger partial charge in [0.1, 0.15) is 16.5 Å². The number of benzene rings is 1. The molecular formula is C15H13Cl2N3S. The Balaban J connectivity index is 2.13. The number of nitrogens with zero attached hydrogens (tertiary/aromatic N) is 2. The quantitative estimate of drug-likeness (QED) is 0.654. The minimum absolute atomic E-state index is 0.516. The first kappa shape index (κ1) is 14.6. The van der Waals surface area contributed by atoms with E-state index in [0.717, 1.165) is 27.5 Å². The number of hydrogen-bond acceptors (Lipinski definition) is 4. The summed E-state index contributed by atoms with van der Waals surface area (Å²) >= 11 is 13.7. The SMILES string of the molecule is Cc1nc(Nc2ccc(Cl)c(Cl)c2)c2c(C)c(C)sc2n1.